The minimum Gasteiger partial charge on any atom is -0.310 e. The van der Waals surface area contributed by atoms with E-state index in [9.17, 15) is 0 Å². The summed E-state index contributed by atoms with van der Waals surface area (Å²) in [6.45, 7) is 4.39. The normalized spacial score (nSPS) is 39.4. The van der Waals surface area contributed by atoms with Gasteiger partial charge in [0.25, 0.3) is 0 Å². The van der Waals surface area contributed by atoms with Crippen LogP contribution in [0.5, 0.6) is 0 Å². The molecule has 1 saturated carbocycles. The summed E-state index contributed by atoms with van der Waals surface area (Å²) in [6, 6.07) is 0. The van der Waals surface area contributed by atoms with Crippen molar-refractivity contribution in [1.82, 2.24) is 4.90 Å². The first-order chi connectivity index (χ1) is 6.24. The summed E-state index contributed by atoms with van der Waals surface area (Å²) in [5.74, 6) is 0.918. The first-order valence-electron chi connectivity index (χ1n) is 5.39. The Morgan fingerprint density at radius 1 is 1.31 bits per heavy atom. The maximum Gasteiger partial charge on any atom is 0.179 e. The SMILES string of the molecule is CC1CCC2(CC1)CCN(C#N)C2. The van der Waals surface area contributed by atoms with Crippen LogP contribution in [0.25, 0.3) is 0 Å². The first-order valence-corrected chi connectivity index (χ1v) is 5.39. The van der Waals surface area contributed by atoms with E-state index < -0.39 is 0 Å². The molecule has 1 saturated heterocycles. The molecule has 2 rings (SSSR count). The molecule has 2 fully saturated rings. The lowest BCUT2D eigenvalue weighted by Gasteiger charge is -2.35. The van der Waals surface area contributed by atoms with Crippen LogP contribution in [0.15, 0.2) is 0 Å². The average molecular weight is 178 g/mol. The molecule has 0 radical (unpaired) electrons. The molecule has 0 atom stereocenters. The van der Waals surface area contributed by atoms with E-state index >= 15 is 0 Å². The van der Waals surface area contributed by atoms with E-state index in [4.69, 9.17) is 5.26 Å². The van der Waals surface area contributed by atoms with Crippen LogP contribution < -0.4 is 0 Å². The van der Waals surface area contributed by atoms with Gasteiger partial charge in [0.1, 0.15) is 0 Å². The highest BCUT2D eigenvalue weighted by molar-refractivity contribution is 4.96. The van der Waals surface area contributed by atoms with Gasteiger partial charge in [-0.2, -0.15) is 5.26 Å². The van der Waals surface area contributed by atoms with Crippen molar-refractivity contribution in [3.8, 4) is 6.19 Å². The van der Waals surface area contributed by atoms with Crippen molar-refractivity contribution >= 4 is 0 Å². The smallest absolute Gasteiger partial charge is 0.179 e. The number of rotatable bonds is 0. The summed E-state index contributed by atoms with van der Waals surface area (Å²) in [5, 5.41) is 8.81. The Morgan fingerprint density at radius 3 is 2.54 bits per heavy atom. The predicted molar refractivity (Wildman–Crippen MR) is 51.9 cm³/mol. The van der Waals surface area contributed by atoms with Crippen LogP contribution in [0, 0.1) is 22.8 Å². The highest BCUT2D eigenvalue weighted by Gasteiger charge is 2.39. The van der Waals surface area contributed by atoms with Crippen LogP contribution in [-0.2, 0) is 0 Å². The van der Waals surface area contributed by atoms with Gasteiger partial charge >= 0.3 is 0 Å². The number of nitriles is 1. The Kier molecular flexibility index (Phi) is 2.19. The fourth-order valence-electron chi connectivity index (χ4n) is 2.80. The first kappa shape index (κ1) is 8.87. The van der Waals surface area contributed by atoms with Gasteiger partial charge in [0, 0.05) is 13.1 Å². The molecule has 0 aromatic rings. The van der Waals surface area contributed by atoms with Crippen molar-refractivity contribution in [2.45, 2.75) is 39.0 Å². The van der Waals surface area contributed by atoms with E-state index in [-0.39, 0.29) is 0 Å². The van der Waals surface area contributed by atoms with E-state index in [0.29, 0.717) is 5.41 Å². The zero-order chi connectivity index (χ0) is 9.31. The molecule has 1 aliphatic carbocycles. The van der Waals surface area contributed by atoms with Crippen LogP contribution >= 0.6 is 0 Å². The second-order valence-electron chi connectivity index (χ2n) is 4.95. The average Bonchev–Trinajstić information content (AvgIpc) is 2.55. The molecule has 0 N–H and O–H groups in total. The standard InChI is InChI=1S/C11H18N2/c1-10-2-4-11(5-3-10)6-7-13(8-11)9-12/h10H,2-8H2,1H3. The molecule has 2 heteroatoms. The topological polar surface area (TPSA) is 27.0 Å². The molecule has 1 heterocycles. The molecule has 0 aromatic heterocycles. The summed E-state index contributed by atoms with van der Waals surface area (Å²) < 4.78 is 0. The van der Waals surface area contributed by atoms with E-state index in [2.05, 4.69) is 13.1 Å². The van der Waals surface area contributed by atoms with Crippen molar-refractivity contribution in [2.24, 2.45) is 11.3 Å². The third kappa shape index (κ3) is 1.65. The van der Waals surface area contributed by atoms with E-state index in [0.717, 1.165) is 19.0 Å². The Morgan fingerprint density at radius 2 is 2.00 bits per heavy atom. The minimum atomic E-state index is 0.530. The largest absolute Gasteiger partial charge is 0.310 e. The molecule has 0 unspecified atom stereocenters. The zero-order valence-electron chi connectivity index (χ0n) is 8.42. The Labute approximate surface area is 80.5 Å². The summed E-state index contributed by atoms with van der Waals surface area (Å²) in [7, 11) is 0. The molecule has 72 valence electrons. The molecule has 0 bridgehead atoms. The minimum absolute atomic E-state index is 0.530. The molecule has 2 aliphatic rings. The van der Waals surface area contributed by atoms with Gasteiger partial charge in [-0.25, -0.2) is 0 Å². The second-order valence-corrected chi connectivity index (χ2v) is 4.95. The molecule has 13 heavy (non-hydrogen) atoms. The molecule has 1 spiro atoms. The van der Waals surface area contributed by atoms with Crippen LogP contribution in [0.4, 0.5) is 0 Å². The highest BCUT2D eigenvalue weighted by atomic mass is 15.1. The van der Waals surface area contributed by atoms with E-state index in [1.165, 1.54) is 32.1 Å². The fraction of sp³-hybridized carbons (Fsp3) is 0.909. The van der Waals surface area contributed by atoms with Gasteiger partial charge in [0.15, 0.2) is 6.19 Å². The summed E-state index contributed by atoms with van der Waals surface area (Å²) in [4.78, 5) is 1.94. The summed E-state index contributed by atoms with van der Waals surface area (Å²) in [5.41, 5.74) is 0.530. The monoisotopic (exact) mass is 178 g/mol. The Bertz CT molecular complexity index is 221. The molecule has 1 aliphatic heterocycles. The summed E-state index contributed by atoms with van der Waals surface area (Å²) in [6.07, 6.45) is 8.99. The van der Waals surface area contributed by atoms with Crippen molar-refractivity contribution < 1.29 is 0 Å². The molecule has 2 nitrogen and oxygen atoms in total. The predicted octanol–water partition coefficient (Wildman–Crippen LogP) is 2.37. The van der Waals surface area contributed by atoms with Gasteiger partial charge < -0.3 is 4.90 Å². The fourth-order valence-corrected chi connectivity index (χ4v) is 2.80. The maximum absolute atomic E-state index is 8.81. The van der Waals surface area contributed by atoms with Gasteiger partial charge in [-0.05, 0) is 30.6 Å². The van der Waals surface area contributed by atoms with Crippen LogP contribution in [0.3, 0.4) is 0 Å². The van der Waals surface area contributed by atoms with Gasteiger partial charge in [-0.15, -0.1) is 0 Å². The lowest BCUT2D eigenvalue weighted by Crippen LogP contribution is -2.29. The zero-order valence-corrected chi connectivity index (χ0v) is 8.42. The lowest BCUT2D eigenvalue weighted by molar-refractivity contribution is 0.167. The van der Waals surface area contributed by atoms with Crippen LogP contribution in [0.2, 0.25) is 0 Å². The maximum atomic E-state index is 8.81. The Balaban J connectivity index is 1.96. The third-order valence-corrected chi connectivity index (χ3v) is 3.91. The van der Waals surface area contributed by atoms with Gasteiger partial charge in [0.05, 0.1) is 0 Å². The number of hydrogen-bond acceptors (Lipinski definition) is 2. The Hall–Kier alpha value is -0.710. The quantitative estimate of drug-likeness (QED) is 0.532. The number of hydrogen-bond donors (Lipinski definition) is 0. The van der Waals surface area contributed by atoms with Gasteiger partial charge in [-0.3, -0.25) is 0 Å². The van der Waals surface area contributed by atoms with E-state index in [1.54, 1.807) is 0 Å². The molecule has 0 amide bonds. The van der Waals surface area contributed by atoms with Crippen molar-refractivity contribution in [1.29, 1.82) is 5.26 Å². The molecular weight excluding hydrogens is 160 g/mol. The molecule has 0 aromatic carbocycles. The number of likely N-dealkylation sites (tertiary alicyclic amines) is 1. The highest BCUT2D eigenvalue weighted by Crippen LogP contribution is 2.44. The second kappa shape index (κ2) is 3.21. The van der Waals surface area contributed by atoms with Crippen LogP contribution in [-0.4, -0.2) is 18.0 Å². The lowest BCUT2D eigenvalue weighted by atomic mass is 9.70. The van der Waals surface area contributed by atoms with Crippen molar-refractivity contribution in [2.75, 3.05) is 13.1 Å². The number of nitrogens with zero attached hydrogens (tertiary/aromatic N) is 2. The third-order valence-electron chi connectivity index (χ3n) is 3.91. The van der Waals surface area contributed by atoms with Crippen molar-refractivity contribution in [3.05, 3.63) is 0 Å². The van der Waals surface area contributed by atoms with Crippen molar-refractivity contribution in [3.63, 3.8) is 0 Å². The summed E-state index contributed by atoms with van der Waals surface area (Å²) >= 11 is 0. The van der Waals surface area contributed by atoms with E-state index in [1.807, 2.05) is 4.90 Å². The van der Waals surface area contributed by atoms with Crippen LogP contribution in [0.1, 0.15) is 39.0 Å². The van der Waals surface area contributed by atoms with Gasteiger partial charge in [0.2, 0.25) is 0 Å². The molecular formula is C11H18N2. The van der Waals surface area contributed by atoms with Gasteiger partial charge in [-0.1, -0.05) is 19.8 Å².